The molecule has 88 valence electrons. The molecule has 0 aromatic rings. The van der Waals surface area contributed by atoms with E-state index in [1.54, 1.807) is 0 Å². The van der Waals surface area contributed by atoms with Crippen molar-refractivity contribution in [2.45, 2.75) is 19.8 Å². The first-order valence-corrected chi connectivity index (χ1v) is 5.67. The van der Waals surface area contributed by atoms with Crippen molar-refractivity contribution in [1.82, 2.24) is 9.80 Å². The fraction of sp³-hybridized carbons (Fsp3) is 0.900. The van der Waals surface area contributed by atoms with E-state index in [-0.39, 0.29) is 0 Å². The van der Waals surface area contributed by atoms with Gasteiger partial charge in [-0.05, 0) is 13.0 Å². The molecule has 0 saturated carbocycles. The number of amidine groups is 1. The summed E-state index contributed by atoms with van der Waals surface area (Å²) in [6, 6.07) is 0. The zero-order chi connectivity index (χ0) is 11.1. The molecule has 0 aromatic heterocycles. The Labute approximate surface area is 91.5 Å². The first kappa shape index (κ1) is 12.3. The Balaban J connectivity index is 2.18. The Morgan fingerprint density at radius 3 is 2.40 bits per heavy atom. The quantitative estimate of drug-likeness (QED) is 0.296. The SMILES string of the molecule is CCCCN1CCN(CC(N)=NO)CC1. The van der Waals surface area contributed by atoms with Crippen molar-refractivity contribution in [3.63, 3.8) is 0 Å². The monoisotopic (exact) mass is 214 g/mol. The lowest BCUT2D eigenvalue weighted by atomic mass is 10.2. The second kappa shape index (κ2) is 6.63. The van der Waals surface area contributed by atoms with Gasteiger partial charge in [-0.25, -0.2) is 0 Å². The predicted octanol–water partition coefficient (Wildman–Crippen LogP) is 0.151. The normalized spacial score (nSPS) is 20.7. The lowest BCUT2D eigenvalue weighted by molar-refractivity contribution is 0.143. The van der Waals surface area contributed by atoms with E-state index in [4.69, 9.17) is 10.9 Å². The first-order chi connectivity index (χ1) is 7.26. The number of rotatable bonds is 5. The minimum atomic E-state index is 0.303. The van der Waals surface area contributed by atoms with Crippen LogP contribution in [0.1, 0.15) is 19.8 Å². The van der Waals surface area contributed by atoms with Crippen molar-refractivity contribution in [3.05, 3.63) is 0 Å². The first-order valence-electron chi connectivity index (χ1n) is 5.67. The number of nitrogens with two attached hydrogens (primary N) is 1. The molecule has 0 aromatic carbocycles. The number of oxime groups is 1. The topological polar surface area (TPSA) is 65.1 Å². The average Bonchev–Trinajstić information content (AvgIpc) is 2.28. The molecule has 0 spiro atoms. The predicted molar refractivity (Wildman–Crippen MR) is 61.2 cm³/mol. The molecule has 0 amide bonds. The Hall–Kier alpha value is -0.810. The number of nitrogens with zero attached hydrogens (tertiary/aromatic N) is 3. The molecule has 1 rings (SSSR count). The highest BCUT2D eigenvalue weighted by Gasteiger charge is 2.16. The van der Waals surface area contributed by atoms with E-state index in [2.05, 4.69) is 21.9 Å². The third-order valence-electron chi connectivity index (χ3n) is 2.81. The molecule has 0 atom stereocenters. The molecule has 0 radical (unpaired) electrons. The molecule has 1 heterocycles. The van der Waals surface area contributed by atoms with Gasteiger partial charge in [0.2, 0.25) is 0 Å². The summed E-state index contributed by atoms with van der Waals surface area (Å²) >= 11 is 0. The van der Waals surface area contributed by atoms with Crippen LogP contribution in [0.5, 0.6) is 0 Å². The molecule has 0 aliphatic carbocycles. The van der Waals surface area contributed by atoms with Crippen molar-refractivity contribution >= 4 is 5.84 Å². The zero-order valence-corrected chi connectivity index (χ0v) is 9.52. The van der Waals surface area contributed by atoms with Crippen molar-refractivity contribution in [2.24, 2.45) is 10.9 Å². The van der Waals surface area contributed by atoms with Gasteiger partial charge in [0.25, 0.3) is 0 Å². The molecule has 5 heteroatoms. The number of hydrogen-bond donors (Lipinski definition) is 2. The molecular formula is C10H22N4O. The molecular weight excluding hydrogens is 192 g/mol. The maximum Gasteiger partial charge on any atom is 0.153 e. The van der Waals surface area contributed by atoms with E-state index in [1.165, 1.54) is 19.4 Å². The van der Waals surface area contributed by atoms with Crippen molar-refractivity contribution in [1.29, 1.82) is 0 Å². The van der Waals surface area contributed by atoms with Crippen LogP contribution in [-0.4, -0.2) is 60.1 Å². The third-order valence-corrected chi connectivity index (χ3v) is 2.81. The second-order valence-corrected chi connectivity index (χ2v) is 4.06. The van der Waals surface area contributed by atoms with Gasteiger partial charge in [0, 0.05) is 26.2 Å². The number of hydrogen-bond acceptors (Lipinski definition) is 4. The average molecular weight is 214 g/mol. The largest absolute Gasteiger partial charge is 0.409 e. The van der Waals surface area contributed by atoms with Gasteiger partial charge in [0.05, 0.1) is 6.54 Å². The van der Waals surface area contributed by atoms with Gasteiger partial charge in [-0.3, -0.25) is 4.90 Å². The van der Waals surface area contributed by atoms with Crippen LogP contribution < -0.4 is 5.73 Å². The van der Waals surface area contributed by atoms with Crippen LogP contribution in [0.15, 0.2) is 5.16 Å². The smallest absolute Gasteiger partial charge is 0.153 e. The highest BCUT2D eigenvalue weighted by atomic mass is 16.4. The summed E-state index contributed by atoms with van der Waals surface area (Å²) in [5, 5.41) is 11.4. The van der Waals surface area contributed by atoms with Crippen LogP contribution in [0.2, 0.25) is 0 Å². The molecule has 1 aliphatic rings. The molecule has 1 saturated heterocycles. The molecule has 1 aliphatic heterocycles. The van der Waals surface area contributed by atoms with Gasteiger partial charge >= 0.3 is 0 Å². The Morgan fingerprint density at radius 1 is 1.27 bits per heavy atom. The fourth-order valence-electron chi connectivity index (χ4n) is 1.81. The van der Waals surface area contributed by atoms with Crippen LogP contribution >= 0.6 is 0 Å². The summed E-state index contributed by atoms with van der Waals surface area (Å²) < 4.78 is 0. The van der Waals surface area contributed by atoms with Gasteiger partial charge in [0.15, 0.2) is 5.84 Å². The highest BCUT2D eigenvalue weighted by Crippen LogP contribution is 2.02. The van der Waals surface area contributed by atoms with Crippen molar-refractivity contribution < 1.29 is 5.21 Å². The summed E-state index contributed by atoms with van der Waals surface area (Å²) in [5.74, 6) is 0.303. The van der Waals surface area contributed by atoms with E-state index in [0.29, 0.717) is 12.4 Å². The fourth-order valence-corrected chi connectivity index (χ4v) is 1.81. The molecule has 3 N–H and O–H groups in total. The van der Waals surface area contributed by atoms with E-state index in [0.717, 1.165) is 26.2 Å². The Kier molecular flexibility index (Phi) is 5.42. The van der Waals surface area contributed by atoms with Crippen LogP contribution in [0.3, 0.4) is 0 Å². The van der Waals surface area contributed by atoms with E-state index in [1.807, 2.05) is 0 Å². The van der Waals surface area contributed by atoms with Gasteiger partial charge in [0.1, 0.15) is 0 Å². The number of piperazine rings is 1. The summed E-state index contributed by atoms with van der Waals surface area (Å²) in [6.07, 6.45) is 2.53. The van der Waals surface area contributed by atoms with E-state index < -0.39 is 0 Å². The molecule has 15 heavy (non-hydrogen) atoms. The summed E-state index contributed by atoms with van der Waals surface area (Å²) in [6.45, 7) is 8.22. The Morgan fingerprint density at radius 2 is 1.87 bits per heavy atom. The summed E-state index contributed by atoms with van der Waals surface area (Å²) in [5.41, 5.74) is 5.46. The van der Waals surface area contributed by atoms with Crippen molar-refractivity contribution in [3.8, 4) is 0 Å². The summed E-state index contributed by atoms with van der Waals surface area (Å²) in [4.78, 5) is 4.70. The molecule has 0 unspecified atom stereocenters. The second-order valence-electron chi connectivity index (χ2n) is 4.06. The van der Waals surface area contributed by atoms with Crippen LogP contribution in [0, 0.1) is 0 Å². The van der Waals surface area contributed by atoms with Crippen LogP contribution in [0.25, 0.3) is 0 Å². The van der Waals surface area contributed by atoms with Gasteiger partial charge in [-0.1, -0.05) is 18.5 Å². The third kappa shape index (κ3) is 4.48. The van der Waals surface area contributed by atoms with Crippen molar-refractivity contribution in [2.75, 3.05) is 39.3 Å². The maximum absolute atomic E-state index is 8.46. The van der Waals surface area contributed by atoms with E-state index in [9.17, 15) is 0 Å². The highest BCUT2D eigenvalue weighted by molar-refractivity contribution is 5.81. The minimum Gasteiger partial charge on any atom is -0.409 e. The van der Waals surface area contributed by atoms with Crippen LogP contribution in [-0.2, 0) is 0 Å². The van der Waals surface area contributed by atoms with Gasteiger partial charge < -0.3 is 15.8 Å². The number of unbranched alkanes of at least 4 members (excludes halogenated alkanes) is 1. The Bertz CT molecular complexity index is 200. The van der Waals surface area contributed by atoms with Gasteiger partial charge in [-0.15, -0.1) is 0 Å². The zero-order valence-electron chi connectivity index (χ0n) is 9.52. The molecule has 5 nitrogen and oxygen atoms in total. The minimum absolute atomic E-state index is 0.303. The lowest BCUT2D eigenvalue weighted by Gasteiger charge is -2.34. The van der Waals surface area contributed by atoms with Crippen LogP contribution in [0.4, 0.5) is 0 Å². The lowest BCUT2D eigenvalue weighted by Crippen LogP contribution is -2.48. The molecule has 0 bridgehead atoms. The van der Waals surface area contributed by atoms with Gasteiger partial charge in [-0.2, -0.15) is 0 Å². The molecule has 1 fully saturated rings. The van der Waals surface area contributed by atoms with E-state index >= 15 is 0 Å². The maximum atomic E-state index is 8.46. The summed E-state index contributed by atoms with van der Waals surface area (Å²) in [7, 11) is 0. The standard InChI is InChI=1S/C10H22N4O/c1-2-3-4-13-5-7-14(8-6-13)9-10(11)12-15/h15H,2-9H2,1H3,(H2,11,12).